The van der Waals surface area contributed by atoms with Crippen molar-refractivity contribution in [3.05, 3.63) is 86.9 Å². The zero-order valence-electron chi connectivity index (χ0n) is 17.3. The molecule has 2 amide bonds. The van der Waals surface area contributed by atoms with Crippen LogP contribution in [0.15, 0.2) is 65.8 Å². The SMILES string of the molecule is COc1ccc(NC(=O)C(=O)N/N=C\c2cc(Cl)ccc2OCc2ccc(Cl)c(Cl)c2)cc1. The maximum Gasteiger partial charge on any atom is 0.329 e. The Hall–Kier alpha value is -3.26. The molecule has 0 spiro atoms. The highest BCUT2D eigenvalue weighted by molar-refractivity contribution is 6.42. The van der Waals surface area contributed by atoms with E-state index in [-0.39, 0.29) is 6.61 Å². The van der Waals surface area contributed by atoms with Gasteiger partial charge in [0.2, 0.25) is 0 Å². The number of halogens is 3. The van der Waals surface area contributed by atoms with Gasteiger partial charge in [0, 0.05) is 16.3 Å². The van der Waals surface area contributed by atoms with Crippen LogP contribution >= 0.6 is 34.8 Å². The molecule has 0 aromatic heterocycles. The summed E-state index contributed by atoms with van der Waals surface area (Å²) < 4.78 is 10.9. The average molecular weight is 507 g/mol. The highest BCUT2D eigenvalue weighted by Crippen LogP contribution is 2.25. The Labute approximate surface area is 205 Å². The second-order valence-electron chi connectivity index (χ2n) is 6.60. The number of nitrogens with one attached hydrogen (secondary N) is 2. The minimum Gasteiger partial charge on any atom is -0.497 e. The van der Waals surface area contributed by atoms with Gasteiger partial charge in [-0.25, -0.2) is 5.43 Å². The molecule has 0 atom stereocenters. The van der Waals surface area contributed by atoms with Crippen LogP contribution in [0.5, 0.6) is 11.5 Å². The predicted octanol–water partition coefficient (Wildman–Crippen LogP) is 5.32. The molecule has 0 aliphatic carbocycles. The standard InChI is InChI=1S/C23H18Cl3N3O4/c1-32-18-6-4-17(5-7-18)28-22(30)23(31)29-27-12-15-11-16(24)3-9-21(15)33-13-14-2-8-19(25)20(26)10-14/h2-12H,13H2,1H3,(H,28,30)(H,29,31)/b27-12-. The van der Waals surface area contributed by atoms with Crippen molar-refractivity contribution in [1.82, 2.24) is 5.43 Å². The van der Waals surface area contributed by atoms with Gasteiger partial charge in [-0.2, -0.15) is 5.10 Å². The van der Waals surface area contributed by atoms with E-state index in [0.29, 0.717) is 37.8 Å². The molecule has 0 bridgehead atoms. The lowest BCUT2D eigenvalue weighted by molar-refractivity contribution is -0.136. The van der Waals surface area contributed by atoms with Crippen LogP contribution < -0.4 is 20.2 Å². The van der Waals surface area contributed by atoms with Crippen LogP contribution in [0.4, 0.5) is 5.69 Å². The van der Waals surface area contributed by atoms with Gasteiger partial charge < -0.3 is 14.8 Å². The van der Waals surface area contributed by atoms with Gasteiger partial charge in [-0.05, 0) is 60.2 Å². The van der Waals surface area contributed by atoms with E-state index in [4.69, 9.17) is 44.3 Å². The molecule has 0 heterocycles. The van der Waals surface area contributed by atoms with Crippen LogP contribution in [-0.4, -0.2) is 25.1 Å². The number of methoxy groups -OCH3 is 1. The summed E-state index contributed by atoms with van der Waals surface area (Å²) in [4.78, 5) is 24.1. The first-order chi connectivity index (χ1) is 15.9. The number of hydrazone groups is 1. The maximum absolute atomic E-state index is 12.0. The van der Waals surface area contributed by atoms with E-state index in [1.165, 1.54) is 13.3 Å². The van der Waals surface area contributed by atoms with E-state index in [2.05, 4.69) is 15.8 Å². The molecular weight excluding hydrogens is 489 g/mol. The van der Waals surface area contributed by atoms with E-state index in [0.717, 1.165) is 5.56 Å². The topological polar surface area (TPSA) is 89.0 Å². The summed E-state index contributed by atoms with van der Waals surface area (Å²) in [5, 5.41) is 7.61. The maximum atomic E-state index is 12.0. The van der Waals surface area contributed by atoms with E-state index in [9.17, 15) is 9.59 Å². The van der Waals surface area contributed by atoms with Gasteiger partial charge in [-0.15, -0.1) is 0 Å². The minimum atomic E-state index is -0.942. The second kappa shape index (κ2) is 11.6. The van der Waals surface area contributed by atoms with Gasteiger partial charge in [-0.3, -0.25) is 9.59 Å². The fraction of sp³-hybridized carbons (Fsp3) is 0.0870. The van der Waals surface area contributed by atoms with E-state index < -0.39 is 11.8 Å². The molecule has 170 valence electrons. The zero-order valence-corrected chi connectivity index (χ0v) is 19.5. The number of hydrogen-bond acceptors (Lipinski definition) is 5. The molecule has 10 heteroatoms. The Kier molecular flexibility index (Phi) is 8.54. The first-order valence-corrected chi connectivity index (χ1v) is 10.6. The van der Waals surface area contributed by atoms with Crippen molar-refractivity contribution in [3.63, 3.8) is 0 Å². The number of rotatable bonds is 7. The molecular formula is C23H18Cl3N3O4. The van der Waals surface area contributed by atoms with Crippen LogP contribution in [0.25, 0.3) is 0 Å². The Balaban J connectivity index is 1.61. The molecule has 0 saturated heterocycles. The van der Waals surface area contributed by atoms with Gasteiger partial charge >= 0.3 is 11.8 Å². The molecule has 3 rings (SSSR count). The lowest BCUT2D eigenvalue weighted by Crippen LogP contribution is -2.32. The van der Waals surface area contributed by atoms with Crippen molar-refractivity contribution < 1.29 is 19.1 Å². The molecule has 0 unspecified atom stereocenters. The Morgan fingerprint density at radius 1 is 0.939 bits per heavy atom. The summed E-state index contributed by atoms with van der Waals surface area (Å²) >= 11 is 18.0. The van der Waals surface area contributed by atoms with E-state index >= 15 is 0 Å². The summed E-state index contributed by atoms with van der Waals surface area (Å²) in [5.41, 5.74) is 3.92. The van der Waals surface area contributed by atoms with Crippen LogP contribution in [0, 0.1) is 0 Å². The number of hydrogen-bond donors (Lipinski definition) is 2. The number of carbonyl (C=O) groups is 2. The van der Waals surface area contributed by atoms with Gasteiger partial charge in [0.15, 0.2) is 0 Å². The fourth-order valence-electron chi connectivity index (χ4n) is 2.62. The number of amides is 2. The third kappa shape index (κ3) is 7.12. The summed E-state index contributed by atoms with van der Waals surface area (Å²) in [6.45, 7) is 0.218. The summed E-state index contributed by atoms with van der Waals surface area (Å²) in [5.74, 6) is -0.728. The quantitative estimate of drug-likeness (QED) is 0.258. The minimum absolute atomic E-state index is 0.218. The van der Waals surface area contributed by atoms with Gasteiger partial charge in [-0.1, -0.05) is 40.9 Å². The molecule has 3 aromatic carbocycles. The predicted molar refractivity (Wildman–Crippen MR) is 130 cm³/mol. The molecule has 0 saturated carbocycles. The third-order valence-electron chi connectivity index (χ3n) is 4.27. The highest BCUT2D eigenvalue weighted by atomic mass is 35.5. The molecule has 0 radical (unpaired) electrons. The summed E-state index contributed by atoms with van der Waals surface area (Å²) in [7, 11) is 1.53. The van der Waals surface area contributed by atoms with Crippen molar-refractivity contribution in [1.29, 1.82) is 0 Å². The summed E-state index contributed by atoms with van der Waals surface area (Å²) in [6.07, 6.45) is 1.33. The number of carbonyl (C=O) groups excluding carboxylic acids is 2. The molecule has 0 fully saturated rings. The molecule has 2 N–H and O–H groups in total. The van der Waals surface area contributed by atoms with Crippen molar-refractivity contribution in [2.75, 3.05) is 12.4 Å². The zero-order chi connectivity index (χ0) is 23.8. The largest absolute Gasteiger partial charge is 0.497 e. The van der Waals surface area contributed by atoms with Crippen molar-refractivity contribution in [2.45, 2.75) is 6.61 Å². The monoisotopic (exact) mass is 505 g/mol. The molecule has 7 nitrogen and oxygen atoms in total. The third-order valence-corrected chi connectivity index (χ3v) is 5.25. The smallest absolute Gasteiger partial charge is 0.329 e. The molecule has 0 aliphatic heterocycles. The van der Waals surface area contributed by atoms with Crippen molar-refractivity contribution >= 4 is 58.5 Å². The van der Waals surface area contributed by atoms with Crippen LogP contribution in [0.1, 0.15) is 11.1 Å². The van der Waals surface area contributed by atoms with Crippen molar-refractivity contribution in [3.8, 4) is 11.5 Å². The highest BCUT2D eigenvalue weighted by Gasteiger charge is 2.13. The van der Waals surface area contributed by atoms with E-state index in [1.54, 1.807) is 60.7 Å². The normalized spacial score (nSPS) is 10.7. The van der Waals surface area contributed by atoms with Gasteiger partial charge in [0.05, 0.1) is 23.4 Å². The number of ether oxygens (including phenoxy) is 2. The lowest BCUT2D eigenvalue weighted by Gasteiger charge is -2.10. The average Bonchev–Trinajstić information content (AvgIpc) is 2.81. The molecule has 0 aliphatic rings. The first kappa shape index (κ1) is 24.4. The first-order valence-electron chi connectivity index (χ1n) is 9.50. The van der Waals surface area contributed by atoms with Crippen molar-refractivity contribution in [2.24, 2.45) is 5.10 Å². The Bertz CT molecular complexity index is 1180. The number of anilines is 1. The number of benzene rings is 3. The Morgan fingerprint density at radius 2 is 1.70 bits per heavy atom. The van der Waals surface area contributed by atoms with Gasteiger partial charge in [0.25, 0.3) is 0 Å². The van der Waals surface area contributed by atoms with Crippen LogP contribution in [0.3, 0.4) is 0 Å². The second-order valence-corrected chi connectivity index (χ2v) is 7.85. The molecule has 3 aromatic rings. The van der Waals surface area contributed by atoms with Crippen LogP contribution in [-0.2, 0) is 16.2 Å². The lowest BCUT2D eigenvalue weighted by atomic mass is 10.2. The summed E-state index contributed by atoms with van der Waals surface area (Å²) in [6, 6.07) is 16.6. The Morgan fingerprint density at radius 3 is 2.39 bits per heavy atom. The number of nitrogens with zero attached hydrogens (tertiary/aromatic N) is 1. The van der Waals surface area contributed by atoms with Gasteiger partial charge in [0.1, 0.15) is 18.1 Å². The van der Waals surface area contributed by atoms with Crippen LogP contribution in [0.2, 0.25) is 15.1 Å². The van der Waals surface area contributed by atoms with E-state index in [1.807, 2.05) is 0 Å². The fourth-order valence-corrected chi connectivity index (χ4v) is 3.12. The molecule has 33 heavy (non-hydrogen) atoms.